The van der Waals surface area contributed by atoms with E-state index in [-0.39, 0.29) is 48.8 Å². The molecular weight excluding hydrogens is 465 g/mol. The minimum atomic E-state index is -4.69. The molecule has 34 heavy (non-hydrogen) atoms. The minimum absolute atomic E-state index is 0.0141. The van der Waals surface area contributed by atoms with Crippen molar-refractivity contribution < 1.29 is 33.2 Å². The molecule has 0 aliphatic heterocycles. The van der Waals surface area contributed by atoms with E-state index in [1.54, 1.807) is 38.1 Å². The zero-order valence-electron chi connectivity index (χ0n) is 18.5. The normalized spacial score (nSPS) is 11.3. The fourth-order valence-corrected chi connectivity index (χ4v) is 3.09. The van der Waals surface area contributed by atoms with E-state index in [1.807, 2.05) is 0 Å². The Hall–Kier alpha value is -3.60. The predicted molar refractivity (Wildman–Crippen MR) is 121 cm³/mol. The third-order valence-electron chi connectivity index (χ3n) is 4.37. The number of carbonyl (C=O) groups excluding carboxylic acids is 2. The van der Waals surface area contributed by atoms with Crippen molar-refractivity contribution >= 4 is 30.7 Å². The number of hydrogen-bond acceptors (Lipinski definition) is 8. The molecule has 1 aromatic carbocycles. The number of nitrogens with one attached hydrogen (secondary N) is 2. The highest BCUT2D eigenvalue weighted by molar-refractivity contribution is 7.46. The number of ether oxygens (including phenoxy) is 1. The Labute approximate surface area is 195 Å². The van der Waals surface area contributed by atoms with Crippen LogP contribution in [0.1, 0.15) is 30.0 Å². The van der Waals surface area contributed by atoms with E-state index in [1.165, 1.54) is 12.1 Å². The molecule has 4 N–H and O–H groups in total. The quantitative estimate of drug-likeness (QED) is 0.242. The Morgan fingerprint density at radius 3 is 2.32 bits per heavy atom. The summed E-state index contributed by atoms with van der Waals surface area (Å²) in [5.41, 5.74) is 1.40. The van der Waals surface area contributed by atoms with E-state index in [9.17, 15) is 14.2 Å². The zero-order valence-corrected chi connectivity index (χ0v) is 19.4. The van der Waals surface area contributed by atoms with Gasteiger partial charge in [-0.15, -0.1) is 0 Å². The van der Waals surface area contributed by atoms with Crippen molar-refractivity contribution in [1.82, 2.24) is 25.6 Å². The predicted octanol–water partition coefficient (Wildman–Crippen LogP) is 1.58. The standard InChI is InChI=1S/C21H24N5O7P/c1-13(2)19(27)22-9-10-23-20(28)18-21(26-17-6-4-3-5-16(17)25-18)32-12-14-7-8-15(11-24-14)33-34(29,30)31/h3-8,11,13H,9-10,12H2,1-2H3,(H,22,27)(H,23,28)(H2,29,30,31). The molecule has 0 aliphatic rings. The number of hydrogen-bond donors (Lipinski definition) is 4. The van der Waals surface area contributed by atoms with Crippen LogP contribution in [0.25, 0.3) is 11.0 Å². The van der Waals surface area contributed by atoms with Gasteiger partial charge in [-0.05, 0) is 24.3 Å². The number of carbonyl (C=O) groups is 2. The molecule has 0 saturated heterocycles. The molecule has 0 radical (unpaired) electrons. The van der Waals surface area contributed by atoms with Crippen LogP contribution in [-0.2, 0) is 16.0 Å². The molecule has 0 unspecified atom stereocenters. The van der Waals surface area contributed by atoms with Crippen LogP contribution in [0.5, 0.6) is 11.6 Å². The first-order chi connectivity index (χ1) is 16.1. The van der Waals surface area contributed by atoms with Crippen molar-refractivity contribution in [2.24, 2.45) is 5.92 Å². The number of amides is 2. The van der Waals surface area contributed by atoms with Gasteiger partial charge in [0.25, 0.3) is 5.91 Å². The fourth-order valence-electron chi connectivity index (χ4n) is 2.71. The Kier molecular flexibility index (Phi) is 8.11. The highest BCUT2D eigenvalue weighted by atomic mass is 31.2. The Bertz CT molecular complexity index is 1210. The van der Waals surface area contributed by atoms with Crippen molar-refractivity contribution in [3.63, 3.8) is 0 Å². The molecule has 0 aliphatic carbocycles. The summed E-state index contributed by atoms with van der Waals surface area (Å²) in [6.45, 7) is 3.90. The molecule has 0 fully saturated rings. The molecule has 0 bridgehead atoms. The van der Waals surface area contributed by atoms with Crippen LogP contribution < -0.4 is 19.9 Å². The third-order valence-corrected chi connectivity index (χ3v) is 4.82. The maximum Gasteiger partial charge on any atom is 0.524 e. The number of fused-ring (bicyclic) bond motifs is 1. The molecule has 0 spiro atoms. The van der Waals surface area contributed by atoms with Crippen molar-refractivity contribution in [2.75, 3.05) is 13.1 Å². The second-order valence-electron chi connectivity index (χ2n) is 7.42. The molecule has 3 aromatic rings. The summed E-state index contributed by atoms with van der Waals surface area (Å²) in [6.07, 6.45) is 1.14. The first kappa shape index (κ1) is 25.0. The van der Waals surface area contributed by atoms with Crippen molar-refractivity contribution in [1.29, 1.82) is 0 Å². The molecule has 2 heterocycles. The van der Waals surface area contributed by atoms with Gasteiger partial charge in [-0.3, -0.25) is 24.4 Å². The Balaban J connectivity index is 1.71. The smallest absolute Gasteiger partial charge is 0.469 e. The lowest BCUT2D eigenvalue weighted by atomic mass is 10.2. The molecular formula is C21H24N5O7P. The van der Waals surface area contributed by atoms with E-state index < -0.39 is 13.7 Å². The van der Waals surface area contributed by atoms with Crippen LogP contribution in [-0.4, -0.2) is 49.6 Å². The highest BCUT2D eigenvalue weighted by Gasteiger charge is 2.19. The molecule has 0 atom stereocenters. The monoisotopic (exact) mass is 489 g/mol. The number of pyridine rings is 1. The van der Waals surface area contributed by atoms with Gasteiger partial charge in [-0.1, -0.05) is 26.0 Å². The average Bonchev–Trinajstić information content (AvgIpc) is 2.79. The van der Waals surface area contributed by atoms with E-state index in [2.05, 4.69) is 30.1 Å². The van der Waals surface area contributed by atoms with Crippen LogP contribution in [0.15, 0.2) is 42.6 Å². The van der Waals surface area contributed by atoms with Crippen LogP contribution >= 0.6 is 7.82 Å². The number of nitrogens with zero attached hydrogens (tertiary/aromatic N) is 3. The largest absolute Gasteiger partial charge is 0.524 e. The molecule has 13 heteroatoms. The summed E-state index contributed by atoms with van der Waals surface area (Å²) < 4.78 is 21.1. The van der Waals surface area contributed by atoms with Gasteiger partial charge in [0.2, 0.25) is 11.8 Å². The summed E-state index contributed by atoms with van der Waals surface area (Å²) >= 11 is 0. The summed E-state index contributed by atoms with van der Waals surface area (Å²) in [6, 6.07) is 9.77. The lowest BCUT2D eigenvalue weighted by Crippen LogP contribution is -2.36. The van der Waals surface area contributed by atoms with Gasteiger partial charge >= 0.3 is 7.82 Å². The molecule has 3 rings (SSSR count). The molecule has 0 saturated carbocycles. The first-order valence-corrected chi connectivity index (χ1v) is 11.8. The SMILES string of the molecule is CC(C)C(=O)NCCNC(=O)c1nc2ccccc2nc1OCc1ccc(OP(=O)(O)O)cn1. The van der Waals surface area contributed by atoms with E-state index in [0.717, 1.165) is 6.20 Å². The van der Waals surface area contributed by atoms with E-state index in [0.29, 0.717) is 16.7 Å². The van der Waals surface area contributed by atoms with Gasteiger partial charge in [0.1, 0.15) is 12.4 Å². The zero-order chi connectivity index (χ0) is 24.7. The lowest BCUT2D eigenvalue weighted by Gasteiger charge is -2.12. The van der Waals surface area contributed by atoms with Gasteiger partial charge in [0.05, 0.1) is 22.9 Å². The lowest BCUT2D eigenvalue weighted by molar-refractivity contribution is -0.123. The van der Waals surface area contributed by atoms with Crippen molar-refractivity contribution in [2.45, 2.75) is 20.5 Å². The van der Waals surface area contributed by atoms with Gasteiger partial charge in [0.15, 0.2) is 5.69 Å². The number of phosphoric ester groups is 1. The summed E-state index contributed by atoms with van der Waals surface area (Å²) in [5, 5.41) is 5.39. The van der Waals surface area contributed by atoms with Crippen molar-refractivity contribution in [3.8, 4) is 11.6 Å². The fraction of sp³-hybridized carbons (Fsp3) is 0.286. The highest BCUT2D eigenvalue weighted by Crippen LogP contribution is 2.37. The van der Waals surface area contributed by atoms with Crippen molar-refractivity contribution in [3.05, 3.63) is 54.0 Å². The maximum absolute atomic E-state index is 12.8. The molecule has 2 amide bonds. The summed E-state index contributed by atoms with van der Waals surface area (Å²) in [4.78, 5) is 54.9. The molecule has 12 nitrogen and oxygen atoms in total. The minimum Gasteiger partial charge on any atom is -0.469 e. The van der Waals surface area contributed by atoms with E-state index >= 15 is 0 Å². The van der Waals surface area contributed by atoms with Crippen LogP contribution in [0.4, 0.5) is 0 Å². The van der Waals surface area contributed by atoms with Gasteiger partial charge in [-0.25, -0.2) is 14.5 Å². The summed E-state index contributed by atoms with van der Waals surface area (Å²) in [5.74, 6) is -0.918. The van der Waals surface area contributed by atoms with Gasteiger partial charge in [-0.2, -0.15) is 0 Å². The third kappa shape index (κ3) is 7.20. The molecule has 180 valence electrons. The Morgan fingerprint density at radius 1 is 1.03 bits per heavy atom. The number of aromatic nitrogens is 3. The maximum atomic E-state index is 12.8. The van der Waals surface area contributed by atoms with Crippen LogP contribution in [0.3, 0.4) is 0 Å². The second kappa shape index (κ2) is 11.0. The Morgan fingerprint density at radius 2 is 1.71 bits per heavy atom. The topological polar surface area (TPSA) is 173 Å². The van der Waals surface area contributed by atoms with Crippen LogP contribution in [0.2, 0.25) is 0 Å². The average molecular weight is 489 g/mol. The molecule has 2 aromatic heterocycles. The summed E-state index contributed by atoms with van der Waals surface area (Å²) in [7, 11) is -4.69. The number of phosphoric acid groups is 1. The van der Waals surface area contributed by atoms with E-state index in [4.69, 9.17) is 14.5 Å². The number of para-hydroxylation sites is 2. The van der Waals surface area contributed by atoms with Crippen LogP contribution in [0, 0.1) is 5.92 Å². The van der Waals surface area contributed by atoms with Gasteiger partial charge < -0.3 is 19.9 Å². The first-order valence-electron chi connectivity index (χ1n) is 10.3. The second-order valence-corrected chi connectivity index (χ2v) is 8.59. The number of benzene rings is 1. The number of rotatable bonds is 10. The van der Waals surface area contributed by atoms with Gasteiger partial charge in [0, 0.05) is 19.0 Å².